The van der Waals surface area contributed by atoms with E-state index >= 15 is 0 Å². The number of nitrogens with zero attached hydrogens (tertiary/aromatic N) is 1. The van der Waals surface area contributed by atoms with E-state index in [1.165, 1.54) is 6.20 Å². The number of aromatic nitrogens is 2. The van der Waals surface area contributed by atoms with Crippen LogP contribution < -0.4 is 4.72 Å². The summed E-state index contributed by atoms with van der Waals surface area (Å²) in [6, 6.07) is 0. The lowest BCUT2D eigenvalue weighted by Crippen LogP contribution is -2.49. The molecule has 8 heteroatoms. The molecule has 5 nitrogen and oxygen atoms in total. The van der Waals surface area contributed by atoms with Gasteiger partial charge in [-0.25, -0.2) is 18.1 Å². The van der Waals surface area contributed by atoms with Crippen molar-refractivity contribution in [2.24, 2.45) is 0 Å². The van der Waals surface area contributed by atoms with Crippen LogP contribution in [0.15, 0.2) is 11.2 Å². The number of alkyl halides is 2. The van der Waals surface area contributed by atoms with Crippen molar-refractivity contribution in [3.63, 3.8) is 0 Å². The van der Waals surface area contributed by atoms with Gasteiger partial charge in [0, 0.05) is 18.2 Å². The van der Waals surface area contributed by atoms with Gasteiger partial charge in [-0.3, -0.25) is 0 Å². The van der Waals surface area contributed by atoms with Gasteiger partial charge in [0.2, 0.25) is 0 Å². The van der Waals surface area contributed by atoms with Crippen molar-refractivity contribution < 1.29 is 8.42 Å². The molecule has 0 aliphatic carbocycles. The van der Waals surface area contributed by atoms with E-state index in [0.29, 0.717) is 12.2 Å². The molecule has 98 valence electrons. The molecule has 0 radical (unpaired) electrons. The lowest BCUT2D eigenvalue weighted by atomic mass is 10.1. The van der Waals surface area contributed by atoms with Gasteiger partial charge in [-0.2, -0.15) is 0 Å². The lowest BCUT2D eigenvalue weighted by Gasteiger charge is -2.24. The van der Waals surface area contributed by atoms with Crippen LogP contribution in [0.5, 0.6) is 0 Å². The van der Waals surface area contributed by atoms with Crippen LogP contribution in [0, 0.1) is 0 Å². The molecule has 17 heavy (non-hydrogen) atoms. The first kappa shape index (κ1) is 14.8. The first-order valence-electron chi connectivity index (χ1n) is 5.06. The van der Waals surface area contributed by atoms with Gasteiger partial charge in [0.15, 0.2) is 5.03 Å². The van der Waals surface area contributed by atoms with E-state index in [9.17, 15) is 8.42 Å². The summed E-state index contributed by atoms with van der Waals surface area (Å²) in [6.45, 7) is 3.52. The molecule has 0 bridgehead atoms. The van der Waals surface area contributed by atoms with Gasteiger partial charge in [0.1, 0.15) is 5.82 Å². The van der Waals surface area contributed by atoms with Crippen molar-refractivity contribution in [1.82, 2.24) is 14.7 Å². The summed E-state index contributed by atoms with van der Waals surface area (Å²) in [4.78, 5) is 6.67. The maximum Gasteiger partial charge on any atom is 0.258 e. The Morgan fingerprint density at radius 3 is 2.47 bits per heavy atom. The summed E-state index contributed by atoms with van der Waals surface area (Å²) >= 11 is 11.4. The number of H-pyrrole nitrogens is 1. The van der Waals surface area contributed by atoms with E-state index in [1.54, 1.807) is 6.92 Å². The standard InChI is InChI=1S/C9H15Cl2N3O2S/c1-3-7-12-4-8(13-7)17(15,16)14-9(2,5-10)6-11/h4,14H,3,5-6H2,1-2H3,(H,12,13). The van der Waals surface area contributed by atoms with Crippen molar-refractivity contribution in [3.8, 4) is 0 Å². The topological polar surface area (TPSA) is 74.8 Å². The van der Waals surface area contributed by atoms with Crippen LogP contribution in [0.3, 0.4) is 0 Å². The summed E-state index contributed by atoms with van der Waals surface area (Å²) in [5, 5.41) is 0.0239. The van der Waals surface area contributed by atoms with Gasteiger partial charge in [-0.15, -0.1) is 23.2 Å². The van der Waals surface area contributed by atoms with Crippen LogP contribution in [0.4, 0.5) is 0 Å². The number of imidazole rings is 1. The largest absolute Gasteiger partial charge is 0.332 e. The zero-order valence-electron chi connectivity index (χ0n) is 9.63. The number of sulfonamides is 1. The second-order valence-electron chi connectivity index (χ2n) is 3.98. The Bertz CT molecular complexity index is 468. The van der Waals surface area contributed by atoms with E-state index < -0.39 is 15.6 Å². The van der Waals surface area contributed by atoms with Gasteiger partial charge >= 0.3 is 0 Å². The van der Waals surface area contributed by atoms with Crippen molar-refractivity contribution in [2.45, 2.75) is 30.8 Å². The fourth-order valence-electron chi connectivity index (χ4n) is 1.13. The zero-order chi connectivity index (χ0) is 13.1. The maximum absolute atomic E-state index is 12.0. The van der Waals surface area contributed by atoms with Crippen molar-refractivity contribution >= 4 is 33.2 Å². The highest BCUT2D eigenvalue weighted by atomic mass is 35.5. The van der Waals surface area contributed by atoms with E-state index in [0.717, 1.165) is 0 Å². The molecule has 1 aromatic rings. The minimum absolute atomic E-state index is 0.0239. The first-order valence-corrected chi connectivity index (χ1v) is 7.62. The Morgan fingerprint density at radius 1 is 1.47 bits per heavy atom. The second-order valence-corrected chi connectivity index (χ2v) is 6.17. The zero-order valence-corrected chi connectivity index (χ0v) is 12.0. The van der Waals surface area contributed by atoms with E-state index in [4.69, 9.17) is 23.2 Å². The fraction of sp³-hybridized carbons (Fsp3) is 0.667. The van der Waals surface area contributed by atoms with Crippen LogP contribution in [-0.2, 0) is 16.4 Å². The van der Waals surface area contributed by atoms with Gasteiger partial charge in [-0.1, -0.05) is 6.92 Å². The van der Waals surface area contributed by atoms with Crippen LogP contribution in [0.1, 0.15) is 19.7 Å². The van der Waals surface area contributed by atoms with Crippen LogP contribution >= 0.6 is 23.2 Å². The summed E-state index contributed by atoms with van der Waals surface area (Å²) in [7, 11) is -3.67. The Labute approximate surface area is 111 Å². The second kappa shape index (κ2) is 5.56. The summed E-state index contributed by atoms with van der Waals surface area (Å²) in [6.07, 6.45) is 1.92. The van der Waals surface area contributed by atoms with Crippen LogP contribution in [0.25, 0.3) is 0 Å². The molecule has 1 aromatic heterocycles. The molecule has 0 fully saturated rings. The molecule has 0 spiro atoms. The molecule has 2 N–H and O–H groups in total. The molecule has 0 saturated heterocycles. The number of aryl methyl sites for hydroxylation is 1. The van der Waals surface area contributed by atoms with Gasteiger partial charge in [0.05, 0.1) is 11.7 Å². The van der Waals surface area contributed by atoms with Crippen molar-refractivity contribution in [2.75, 3.05) is 11.8 Å². The number of nitrogens with one attached hydrogen (secondary N) is 2. The predicted octanol–water partition coefficient (Wildman–Crippen LogP) is 1.49. The van der Waals surface area contributed by atoms with E-state index in [1.807, 2.05) is 6.92 Å². The summed E-state index contributed by atoms with van der Waals surface area (Å²) in [5.41, 5.74) is -0.876. The average molecular weight is 300 g/mol. The third kappa shape index (κ3) is 3.58. The molecule has 0 aliphatic rings. The minimum atomic E-state index is -3.67. The monoisotopic (exact) mass is 299 g/mol. The molecule has 0 amide bonds. The van der Waals surface area contributed by atoms with Gasteiger partial charge < -0.3 is 4.98 Å². The molecule has 0 saturated carbocycles. The summed E-state index contributed by atoms with van der Waals surface area (Å²) < 4.78 is 26.5. The average Bonchev–Trinajstić information content (AvgIpc) is 2.77. The number of hydrogen-bond acceptors (Lipinski definition) is 3. The third-order valence-electron chi connectivity index (χ3n) is 2.20. The Morgan fingerprint density at radius 2 is 2.06 bits per heavy atom. The quantitative estimate of drug-likeness (QED) is 0.782. The van der Waals surface area contributed by atoms with E-state index in [-0.39, 0.29) is 16.8 Å². The first-order chi connectivity index (χ1) is 7.87. The Kier molecular flexibility index (Phi) is 4.83. The molecule has 0 aromatic carbocycles. The fourth-order valence-corrected chi connectivity index (χ4v) is 3.05. The number of aromatic amines is 1. The highest BCUT2D eigenvalue weighted by Crippen LogP contribution is 2.14. The highest BCUT2D eigenvalue weighted by molar-refractivity contribution is 7.89. The normalized spacial score (nSPS) is 12.9. The van der Waals surface area contributed by atoms with Gasteiger partial charge in [-0.05, 0) is 6.92 Å². The molecule has 1 heterocycles. The minimum Gasteiger partial charge on any atom is -0.332 e. The van der Waals surface area contributed by atoms with E-state index in [2.05, 4.69) is 14.7 Å². The smallest absolute Gasteiger partial charge is 0.258 e. The summed E-state index contributed by atoms with van der Waals surface area (Å²) in [5.74, 6) is 0.790. The molecule has 0 atom stereocenters. The number of rotatable bonds is 6. The highest BCUT2D eigenvalue weighted by Gasteiger charge is 2.30. The third-order valence-corrected chi connectivity index (χ3v) is 4.93. The SMILES string of the molecule is CCc1ncc(S(=O)(=O)NC(C)(CCl)CCl)[nH]1. The van der Waals surface area contributed by atoms with Crippen LogP contribution in [0.2, 0.25) is 0 Å². The molecule has 1 rings (SSSR count). The predicted molar refractivity (Wildman–Crippen MR) is 68.1 cm³/mol. The van der Waals surface area contributed by atoms with Crippen molar-refractivity contribution in [3.05, 3.63) is 12.0 Å². The van der Waals surface area contributed by atoms with Crippen LogP contribution in [-0.4, -0.2) is 35.7 Å². The number of hydrogen-bond donors (Lipinski definition) is 2. The maximum atomic E-state index is 12.0. The molecule has 0 unspecified atom stereocenters. The number of halogens is 2. The Hall–Kier alpha value is -0.300. The van der Waals surface area contributed by atoms with Crippen molar-refractivity contribution in [1.29, 1.82) is 0 Å². The lowest BCUT2D eigenvalue weighted by molar-refractivity contribution is 0.498. The molecular formula is C9H15Cl2N3O2S. The molecular weight excluding hydrogens is 285 g/mol. The van der Waals surface area contributed by atoms with Gasteiger partial charge in [0.25, 0.3) is 10.0 Å². The molecule has 0 aliphatic heterocycles. The Balaban J connectivity index is 2.96.